The van der Waals surface area contributed by atoms with Crippen LogP contribution < -0.4 is 5.32 Å². The number of carbonyl (C=O) groups excluding carboxylic acids is 1. The van der Waals surface area contributed by atoms with Crippen molar-refractivity contribution in [1.29, 1.82) is 0 Å². The second-order valence-corrected chi connectivity index (χ2v) is 6.38. The summed E-state index contributed by atoms with van der Waals surface area (Å²) in [6.45, 7) is 2.47. The highest BCUT2D eigenvalue weighted by Gasteiger charge is 2.47. The van der Waals surface area contributed by atoms with Crippen LogP contribution in [0.25, 0.3) is 0 Å². The monoisotopic (exact) mass is 314 g/mol. The number of fused-ring (bicyclic) bond motifs is 1. The van der Waals surface area contributed by atoms with Gasteiger partial charge in [0.2, 0.25) is 0 Å². The molecule has 5 nitrogen and oxygen atoms in total. The van der Waals surface area contributed by atoms with Crippen molar-refractivity contribution in [2.24, 2.45) is 18.9 Å². The lowest BCUT2D eigenvalue weighted by molar-refractivity contribution is 0.0702. The zero-order chi connectivity index (χ0) is 16.0. The number of rotatable bonds is 2. The Labute approximate surface area is 134 Å². The number of aryl methyl sites for hydroxylation is 1. The van der Waals surface area contributed by atoms with Gasteiger partial charge in [0.25, 0.3) is 5.91 Å². The van der Waals surface area contributed by atoms with Gasteiger partial charge in [-0.2, -0.15) is 5.10 Å². The first-order valence-corrected chi connectivity index (χ1v) is 7.90. The van der Waals surface area contributed by atoms with Crippen molar-refractivity contribution < 1.29 is 9.18 Å². The van der Waals surface area contributed by atoms with E-state index in [2.05, 4.69) is 10.4 Å². The van der Waals surface area contributed by atoms with Crippen LogP contribution in [0.15, 0.2) is 36.5 Å². The van der Waals surface area contributed by atoms with Crippen LogP contribution in [0.3, 0.4) is 0 Å². The van der Waals surface area contributed by atoms with Gasteiger partial charge in [-0.1, -0.05) is 12.1 Å². The summed E-state index contributed by atoms with van der Waals surface area (Å²) in [5.41, 5.74) is 1.44. The lowest BCUT2D eigenvalue weighted by Gasteiger charge is -2.28. The first-order valence-electron chi connectivity index (χ1n) is 7.90. The van der Waals surface area contributed by atoms with Crippen LogP contribution in [-0.2, 0) is 7.05 Å². The van der Waals surface area contributed by atoms with E-state index in [1.807, 2.05) is 11.0 Å². The van der Waals surface area contributed by atoms with Gasteiger partial charge >= 0.3 is 0 Å². The number of benzene rings is 1. The van der Waals surface area contributed by atoms with Crippen LogP contribution in [0.2, 0.25) is 0 Å². The molecule has 0 aliphatic carbocycles. The van der Waals surface area contributed by atoms with Gasteiger partial charge in [0.15, 0.2) is 0 Å². The molecular formula is C17H19FN4O. The number of amides is 1. The molecule has 23 heavy (non-hydrogen) atoms. The van der Waals surface area contributed by atoms with Gasteiger partial charge in [-0.3, -0.25) is 9.48 Å². The van der Waals surface area contributed by atoms with Crippen LogP contribution in [0, 0.1) is 17.7 Å². The molecule has 0 unspecified atom stereocenters. The molecule has 2 aliphatic rings. The summed E-state index contributed by atoms with van der Waals surface area (Å²) in [6.07, 6.45) is 1.63. The van der Waals surface area contributed by atoms with Gasteiger partial charge in [-0.15, -0.1) is 0 Å². The van der Waals surface area contributed by atoms with Crippen LogP contribution in [0.4, 0.5) is 4.39 Å². The maximum absolute atomic E-state index is 13.7. The normalized spacial score (nSPS) is 26.5. The summed E-state index contributed by atoms with van der Waals surface area (Å²) in [5.74, 6) is 0.452. The van der Waals surface area contributed by atoms with Crippen molar-refractivity contribution in [2.45, 2.75) is 6.04 Å². The highest BCUT2D eigenvalue weighted by atomic mass is 19.1. The van der Waals surface area contributed by atoms with Gasteiger partial charge in [0.1, 0.15) is 11.5 Å². The van der Waals surface area contributed by atoms with Crippen LogP contribution in [0.1, 0.15) is 22.1 Å². The quantitative estimate of drug-likeness (QED) is 0.916. The standard InChI is InChI=1S/C17H19FN4O/c1-21-15(5-6-20-21)17(23)22-10-12-8-19-9-14(12)16(22)11-3-2-4-13(18)7-11/h2-7,12,14,16,19H,8-10H2,1H3/t12-,14-,16+/m0/s1. The fraction of sp³-hybridized carbons (Fsp3) is 0.412. The van der Waals surface area contributed by atoms with E-state index in [0.717, 1.165) is 18.7 Å². The molecule has 1 aromatic carbocycles. The fourth-order valence-electron chi connectivity index (χ4n) is 3.98. The average Bonchev–Trinajstić information content (AvgIpc) is 3.21. The molecular weight excluding hydrogens is 295 g/mol. The first-order chi connectivity index (χ1) is 11.1. The van der Waals surface area contributed by atoms with Crippen LogP contribution in [0.5, 0.6) is 0 Å². The van der Waals surface area contributed by atoms with Gasteiger partial charge in [0.05, 0.1) is 6.04 Å². The number of aromatic nitrogens is 2. The minimum Gasteiger partial charge on any atom is -0.330 e. The Morgan fingerprint density at radius 1 is 1.35 bits per heavy atom. The fourth-order valence-corrected chi connectivity index (χ4v) is 3.98. The second kappa shape index (κ2) is 5.45. The second-order valence-electron chi connectivity index (χ2n) is 6.38. The van der Waals surface area contributed by atoms with Crippen molar-refractivity contribution >= 4 is 5.91 Å². The molecule has 0 radical (unpaired) electrons. The van der Waals surface area contributed by atoms with Crippen molar-refractivity contribution in [2.75, 3.05) is 19.6 Å². The van der Waals surface area contributed by atoms with Gasteiger partial charge in [0, 0.05) is 38.8 Å². The topological polar surface area (TPSA) is 50.2 Å². The number of likely N-dealkylation sites (tertiary alicyclic amines) is 1. The third-order valence-corrected chi connectivity index (χ3v) is 5.06. The number of nitrogens with one attached hydrogen (secondary N) is 1. The minimum absolute atomic E-state index is 0.0336. The summed E-state index contributed by atoms with van der Waals surface area (Å²) in [4.78, 5) is 14.9. The largest absolute Gasteiger partial charge is 0.330 e. The number of carbonyl (C=O) groups is 1. The van der Waals surface area contributed by atoms with Gasteiger partial charge in [-0.25, -0.2) is 4.39 Å². The van der Waals surface area contributed by atoms with Crippen LogP contribution >= 0.6 is 0 Å². The van der Waals surface area contributed by atoms with E-state index in [1.54, 1.807) is 36.1 Å². The van der Waals surface area contributed by atoms with Gasteiger partial charge in [-0.05, 0) is 29.7 Å². The van der Waals surface area contributed by atoms with E-state index < -0.39 is 0 Å². The minimum atomic E-state index is -0.259. The Balaban J connectivity index is 1.73. The summed E-state index contributed by atoms with van der Waals surface area (Å²) in [7, 11) is 1.77. The molecule has 3 atom stereocenters. The third kappa shape index (κ3) is 2.34. The van der Waals surface area contributed by atoms with Gasteiger partial charge < -0.3 is 10.2 Å². The van der Waals surface area contributed by atoms with Crippen molar-refractivity contribution in [3.05, 3.63) is 53.6 Å². The molecule has 1 aromatic heterocycles. The van der Waals surface area contributed by atoms with Crippen molar-refractivity contribution in [1.82, 2.24) is 20.0 Å². The zero-order valence-electron chi connectivity index (χ0n) is 12.9. The maximum atomic E-state index is 13.7. The maximum Gasteiger partial charge on any atom is 0.272 e. The Bertz CT molecular complexity index is 744. The van der Waals surface area contributed by atoms with E-state index >= 15 is 0 Å². The number of hydrogen-bond donors (Lipinski definition) is 1. The molecule has 2 saturated heterocycles. The average molecular weight is 314 g/mol. The summed E-state index contributed by atoms with van der Waals surface area (Å²) in [6, 6.07) is 8.26. The van der Waals surface area contributed by atoms with E-state index in [1.165, 1.54) is 6.07 Å². The SMILES string of the molecule is Cn1nccc1C(=O)N1C[C@@H]2CNC[C@@H]2[C@H]1c1cccc(F)c1. The van der Waals surface area contributed by atoms with Crippen molar-refractivity contribution in [3.63, 3.8) is 0 Å². The highest BCUT2D eigenvalue weighted by molar-refractivity contribution is 5.93. The summed E-state index contributed by atoms with van der Waals surface area (Å²) >= 11 is 0. The molecule has 0 bridgehead atoms. The first kappa shape index (κ1) is 14.4. The van der Waals surface area contributed by atoms with E-state index in [9.17, 15) is 9.18 Å². The predicted octanol–water partition coefficient (Wildman–Crippen LogP) is 1.59. The predicted molar refractivity (Wildman–Crippen MR) is 83.2 cm³/mol. The zero-order valence-corrected chi connectivity index (χ0v) is 12.9. The van der Waals surface area contributed by atoms with E-state index in [0.29, 0.717) is 24.1 Å². The number of halogens is 1. The molecule has 4 rings (SSSR count). The molecule has 0 spiro atoms. The lowest BCUT2D eigenvalue weighted by atomic mass is 9.89. The molecule has 6 heteroatoms. The number of hydrogen-bond acceptors (Lipinski definition) is 3. The molecule has 1 N–H and O–H groups in total. The highest BCUT2D eigenvalue weighted by Crippen LogP contribution is 2.43. The molecule has 0 saturated carbocycles. The van der Waals surface area contributed by atoms with Crippen LogP contribution in [-0.4, -0.2) is 40.2 Å². The molecule has 1 amide bonds. The Kier molecular flexibility index (Phi) is 3.41. The molecule has 2 aromatic rings. The summed E-state index contributed by atoms with van der Waals surface area (Å²) in [5, 5.41) is 7.48. The van der Waals surface area contributed by atoms with Crippen molar-refractivity contribution in [3.8, 4) is 0 Å². The van der Waals surface area contributed by atoms with E-state index in [-0.39, 0.29) is 17.8 Å². The lowest BCUT2D eigenvalue weighted by Crippen LogP contribution is -2.35. The third-order valence-electron chi connectivity index (χ3n) is 5.06. The Morgan fingerprint density at radius 3 is 2.96 bits per heavy atom. The van der Waals surface area contributed by atoms with E-state index in [4.69, 9.17) is 0 Å². The molecule has 2 aliphatic heterocycles. The smallest absolute Gasteiger partial charge is 0.272 e. The summed E-state index contributed by atoms with van der Waals surface area (Å²) < 4.78 is 15.3. The molecule has 2 fully saturated rings. The molecule has 120 valence electrons. The molecule has 3 heterocycles. The Morgan fingerprint density at radius 2 is 2.22 bits per heavy atom. The number of nitrogens with zero attached hydrogens (tertiary/aromatic N) is 3. The Hall–Kier alpha value is -2.21.